The number of unbranched alkanes of at least 4 members (excludes halogenated alkanes) is 8. The van der Waals surface area contributed by atoms with Crippen LogP contribution in [0.4, 0.5) is 0 Å². The quantitative estimate of drug-likeness (QED) is 0.0160. The van der Waals surface area contributed by atoms with Gasteiger partial charge in [-0.3, -0.25) is 9.36 Å². The molecule has 12 aromatic carbocycles. The van der Waals surface area contributed by atoms with Gasteiger partial charge in [0.15, 0.2) is 12.2 Å². The molecule has 17 rings (SSSR count). The number of carbonyl (C=O) groups is 4. The molecule has 4 atom stereocenters. The van der Waals surface area contributed by atoms with Crippen molar-refractivity contribution < 1.29 is 45.3 Å². The number of aromatic nitrogens is 2. The largest absolute Gasteiger partial charge is 0.478 e. The van der Waals surface area contributed by atoms with Gasteiger partial charge in [-0.25, -0.2) is 19.4 Å². The van der Waals surface area contributed by atoms with Crippen molar-refractivity contribution in [1.82, 2.24) is 9.55 Å². The van der Waals surface area contributed by atoms with Gasteiger partial charge in [0.1, 0.15) is 18.5 Å². The molecule has 1 aromatic heterocycles. The Bertz CT molecular complexity index is 5440. The number of fused-ring (bicyclic) bond motifs is 4. The number of ether oxygens (including phenoxy) is 2. The summed E-state index contributed by atoms with van der Waals surface area (Å²) >= 11 is 1.96. The highest BCUT2D eigenvalue weighted by molar-refractivity contribution is 14.1. The van der Waals surface area contributed by atoms with Crippen LogP contribution in [0.15, 0.2) is 286 Å². The van der Waals surface area contributed by atoms with Gasteiger partial charge in [0.05, 0.1) is 16.7 Å². The first kappa shape index (κ1) is 97.6. The van der Waals surface area contributed by atoms with E-state index < -0.39 is 42.3 Å². The smallest absolute Gasteiger partial charge is 0.338 e. The second-order valence-corrected chi connectivity index (χ2v) is 37.7. The number of esters is 2. The molecular weight excluding hydrogens is 1740 g/mol. The van der Waals surface area contributed by atoms with Crippen molar-refractivity contribution in [3.8, 4) is 0 Å². The Balaban J connectivity index is 0.000000172. The Morgan fingerprint density at radius 3 is 0.879 bits per heavy atom. The number of hydrogen-bond donors (Lipinski definition) is 3. The lowest BCUT2D eigenvalue weighted by Crippen LogP contribution is -2.24. The zero-order valence-corrected chi connectivity index (χ0v) is 80.6. The Morgan fingerprint density at radius 1 is 0.348 bits per heavy atom. The molecule has 692 valence electrons. The Hall–Kier alpha value is -10.4. The third-order valence-corrected chi connectivity index (χ3v) is 29.1. The maximum absolute atomic E-state index is 14.5. The summed E-state index contributed by atoms with van der Waals surface area (Å²) in [6, 6.07) is 87.7. The van der Waals surface area contributed by atoms with Crippen molar-refractivity contribution in [2.24, 2.45) is 23.7 Å². The van der Waals surface area contributed by atoms with Gasteiger partial charge in [-0.1, -0.05) is 371 Å². The summed E-state index contributed by atoms with van der Waals surface area (Å²) in [4.78, 5) is 56.5. The van der Waals surface area contributed by atoms with Crippen molar-refractivity contribution in [2.45, 2.75) is 281 Å². The topological polar surface area (TPSA) is 165 Å². The lowest BCUT2D eigenvalue weighted by Gasteiger charge is -2.30. The minimum Gasteiger partial charge on any atom is -0.478 e. The van der Waals surface area contributed by atoms with Crippen molar-refractivity contribution >= 4 is 89.5 Å². The second kappa shape index (κ2) is 51.8. The molecule has 132 heavy (non-hydrogen) atoms. The van der Waals surface area contributed by atoms with E-state index in [-0.39, 0.29) is 5.91 Å². The van der Waals surface area contributed by atoms with Crippen LogP contribution in [0.2, 0.25) is 0 Å². The van der Waals surface area contributed by atoms with Crippen LogP contribution in [0.5, 0.6) is 0 Å². The summed E-state index contributed by atoms with van der Waals surface area (Å²) in [6.07, 6.45) is 43.1. The molecule has 4 aliphatic rings. The van der Waals surface area contributed by atoms with Crippen molar-refractivity contribution in [2.75, 3.05) is 4.91 Å². The van der Waals surface area contributed by atoms with Crippen LogP contribution >= 0.6 is 22.6 Å². The number of carboxylic acid groups (broad SMARTS) is 1. The average molecular weight is 1880 g/mol. The minimum atomic E-state index is -0.984. The summed E-state index contributed by atoms with van der Waals surface area (Å²) in [7, 11) is 0. The average Bonchev–Trinajstić information content (AvgIpc) is 0.910. The maximum atomic E-state index is 14.5. The van der Waals surface area contributed by atoms with E-state index in [4.69, 9.17) is 16.0 Å². The predicted octanol–water partition coefficient (Wildman–Crippen LogP) is 32.7. The van der Waals surface area contributed by atoms with E-state index in [9.17, 15) is 29.4 Å². The lowest BCUT2D eigenvalue weighted by molar-refractivity contribution is -0.0379. The van der Waals surface area contributed by atoms with Crippen LogP contribution in [0.1, 0.15) is 369 Å². The summed E-state index contributed by atoms with van der Waals surface area (Å²) in [6.45, 7) is 9.09. The number of aliphatic hydroxyl groups is 2. The number of aliphatic hydroxyl groups excluding tert-OH is 2. The van der Waals surface area contributed by atoms with E-state index in [0.29, 0.717) is 45.3 Å². The van der Waals surface area contributed by atoms with Crippen molar-refractivity contribution in [3.63, 3.8) is 0 Å². The first-order chi connectivity index (χ1) is 65.1. The van der Waals surface area contributed by atoms with E-state index in [1.165, 1.54) is 232 Å². The number of rotatable bonds is 32. The number of imidazole rings is 1. The molecule has 0 bridgehead atoms. The monoisotopic (exact) mass is 1880 g/mol. The number of nitrogens with zero attached hydrogens (tertiary/aromatic N) is 2. The van der Waals surface area contributed by atoms with E-state index in [1.807, 2.05) is 205 Å². The standard InChI is InChI=1S/C58H66O4.C22H18O2.C21H28N2O.C18H26O2.CH3I/c1-3-5-7-15-41-25-29-43(30-26-41)45-33-37-49(38-34-45)57(59)61-55(53-23-13-19-47-17-9-11-21-51(47)53)56(54-24-14-20-48-18-10-12-22-52(48)54)62-58(60)50-39-35-46(36-40-50)44-31-27-42(28-32-44)16-8-6-4-2;23-21(19-13-5-9-15-7-1-3-11-17(15)19)22(24)20-14-6-10-16-8-2-4-12-18(16)20;1-2-3-4-5-17-6-8-18(9-7-17)19-10-12-20(13-11-19)21(24)23-15-14-22-16-23;1-2-3-4-5-14-6-8-15(9-7-14)16-10-12-17(13-11-16)18(19)20;1-2/h9-14,17-24,33-44,55-56H,3-8,15-16,25-32H2,1-2H3;1-14,21-24H;10-18H,2-9H2,1H3;10-15H,2-9H2,1H3,(H,19,20);1H3/t41?,42?,43?,44?,55-,56-;21-,22-;;;/m11.../s1/i;;;;1D. The van der Waals surface area contributed by atoms with Crippen LogP contribution in [0, 0.1) is 23.7 Å². The number of alkyl halides is 1. The third-order valence-electron chi connectivity index (χ3n) is 29.1. The molecule has 0 unspecified atom stereocenters. The summed E-state index contributed by atoms with van der Waals surface area (Å²) in [5.41, 5.74) is 10.5. The third kappa shape index (κ3) is 27.2. The van der Waals surface area contributed by atoms with E-state index >= 15 is 0 Å². The number of carboxylic acids is 1. The first-order valence-electron chi connectivity index (χ1n) is 50.5. The molecule has 0 radical (unpaired) electrons. The van der Waals surface area contributed by atoms with Crippen molar-refractivity contribution in [3.05, 3.63) is 352 Å². The van der Waals surface area contributed by atoms with E-state index in [0.717, 1.165) is 94.6 Å². The second-order valence-electron chi connectivity index (χ2n) is 37.7. The molecule has 4 aliphatic carbocycles. The van der Waals surface area contributed by atoms with Crippen LogP contribution < -0.4 is 0 Å². The fourth-order valence-corrected chi connectivity index (χ4v) is 21.3. The Morgan fingerprint density at radius 2 is 0.606 bits per heavy atom. The van der Waals surface area contributed by atoms with E-state index in [1.54, 1.807) is 30.9 Å². The van der Waals surface area contributed by atoms with Crippen LogP contribution in [0.3, 0.4) is 0 Å². The van der Waals surface area contributed by atoms with Gasteiger partial charge in [0, 0.05) is 30.5 Å². The normalized spacial score (nSPS) is 19.3. The van der Waals surface area contributed by atoms with Crippen LogP contribution in [-0.4, -0.2) is 53.6 Å². The van der Waals surface area contributed by atoms with Gasteiger partial charge in [-0.15, -0.1) is 0 Å². The maximum Gasteiger partial charge on any atom is 0.338 e. The first-order valence-corrected chi connectivity index (χ1v) is 51.4. The molecule has 4 saturated carbocycles. The molecule has 0 spiro atoms. The lowest BCUT2D eigenvalue weighted by atomic mass is 9.77. The fraction of sp³-hybridized carbons (Fsp3) is 0.408. The zero-order valence-electron chi connectivity index (χ0n) is 79.5. The van der Waals surface area contributed by atoms with Crippen LogP contribution in [-0.2, 0) is 9.47 Å². The molecule has 1 heterocycles. The zero-order chi connectivity index (χ0) is 93.1. The van der Waals surface area contributed by atoms with Gasteiger partial charge in [-0.05, 0) is 280 Å². The molecule has 12 heteroatoms. The number of halogens is 1. The van der Waals surface area contributed by atoms with Crippen LogP contribution in [0.25, 0.3) is 43.1 Å². The number of benzene rings is 12. The fourth-order valence-electron chi connectivity index (χ4n) is 21.3. The Kier molecular flexibility index (Phi) is 38.3. The van der Waals surface area contributed by atoms with Gasteiger partial charge < -0.3 is 24.8 Å². The molecule has 0 saturated heterocycles. The molecule has 13 aromatic rings. The summed E-state index contributed by atoms with van der Waals surface area (Å²) in [5.74, 6) is 4.16. The Labute approximate surface area is 801 Å². The van der Waals surface area contributed by atoms with Crippen molar-refractivity contribution in [1.29, 1.82) is 0 Å². The highest BCUT2D eigenvalue weighted by Gasteiger charge is 2.37. The van der Waals surface area contributed by atoms with Gasteiger partial charge in [0.25, 0.3) is 5.91 Å². The summed E-state index contributed by atoms with van der Waals surface area (Å²) in [5, 5.41) is 38.6. The molecule has 4 fully saturated rings. The molecular formula is C120H141IN2O9. The molecule has 0 aliphatic heterocycles. The van der Waals surface area contributed by atoms with Gasteiger partial charge in [0.2, 0.25) is 0 Å². The van der Waals surface area contributed by atoms with Gasteiger partial charge in [-0.2, -0.15) is 0 Å². The molecule has 11 nitrogen and oxygen atoms in total. The SMILES string of the molecule is CCCCCC1CCC(c2ccc(C(=O)O)cc2)CC1.CCCCCC1CCC(c2ccc(C(=O)O[C@H](c3cccc4ccccc34)[C@H](OC(=O)c3ccc(C4CCC(CCCCC)CC4)cc3)c3cccc4ccccc34)cc2)CC1.CCCCCC1CCC(c2ccc(C(=O)n3ccnc3)cc2)CC1.O[C@H](c1cccc2ccccc12)[C@H](O)c1cccc2ccccc12.[2H]CI. The van der Waals surface area contributed by atoms with Gasteiger partial charge >= 0.3 is 17.9 Å². The highest BCUT2D eigenvalue weighted by Crippen LogP contribution is 2.47. The number of hydrogen-bond acceptors (Lipinski definition) is 9. The number of carbonyl (C=O) groups excluding carboxylic acids is 3. The summed E-state index contributed by atoms with van der Waals surface area (Å²) < 4.78 is 21.1. The minimum absolute atomic E-state index is 0.0151. The molecule has 0 amide bonds. The molecule has 3 N–H and O–H groups in total. The number of aromatic carboxylic acids is 1. The highest BCUT2D eigenvalue weighted by atomic mass is 127. The van der Waals surface area contributed by atoms with E-state index in [2.05, 4.69) is 105 Å². The predicted molar refractivity (Wildman–Crippen MR) is 552 cm³/mol.